The average Bonchev–Trinajstić information content (AvgIpc) is 3.13. The molecule has 4 N–H and O–H groups in total. The highest BCUT2D eigenvalue weighted by Gasteiger charge is 2.13. The summed E-state index contributed by atoms with van der Waals surface area (Å²) >= 11 is 1.41. The van der Waals surface area contributed by atoms with Crippen molar-refractivity contribution in [1.82, 2.24) is 10.9 Å². The second kappa shape index (κ2) is 9.71. The quantitative estimate of drug-likeness (QED) is 0.460. The Labute approximate surface area is 178 Å². The van der Waals surface area contributed by atoms with Gasteiger partial charge in [-0.05, 0) is 61.4 Å². The first-order valence-electron chi connectivity index (χ1n) is 9.39. The number of hydrogen-bond acceptors (Lipinski definition) is 4. The lowest BCUT2D eigenvalue weighted by molar-refractivity contribution is 0.0849. The number of carbonyl (C=O) groups excluding carboxylic acids is 3. The van der Waals surface area contributed by atoms with Crippen LogP contribution >= 0.6 is 11.3 Å². The summed E-state index contributed by atoms with van der Waals surface area (Å²) in [7, 11) is 0. The van der Waals surface area contributed by atoms with Gasteiger partial charge in [0, 0.05) is 21.8 Å². The van der Waals surface area contributed by atoms with Crippen LogP contribution in [0.15, 0.2) is 60.7 Å². The first-order chi connectivity index (χ1) is 14.5. The number of hydrogen-bond donors (Lipinski definition) is 4. The summed E-state index contributed by atoms with van der Waals surface area (Å²) in [4.78, 5) is 38.2. The van der Waals surface area contributed by atoms with E-state index in [0.717, 1.165) is 16.9 Å². The fourth-order valence-electron chi connectivity index (χ4n) is 2.75. The Balaban J connectivity index is 1.51. The highest BCUT2D eigenvalue weighted by molar-refractivity contribution is 7.14. The SMILES string of the molecule is CCc1sc(C(=O)NNC(=O)c2ccc(NC(=O)Nc3ccccc3)cc2)cc1C. The minimum atomic E-state index is -0.451. The summed E-state index contributed by atoms with van der Waals surface area (Å²) in [6.07, 6.45) is 0.861. The Bertz CT molecular complexity index is 1050. The number of para-hydroxylation sites is 1. The Hall–Kier alpha value is -3.65. The van der Waals surface area contributed by atoms with E-state index in [1.165, 1.54) is 11.3 Å². The van der Waals surface area contributed by atoms with Crippen LogP contribution in [0, 0.1) is 6.92 Å². The summed E-state index contributed by atoms with van der Waals surface area (Å²) in [5.41, 5.74) is 7.46. The Morgan fingerprint density at radius 2 is 1.43 bits per heavy atom. The third-order valence-corrected chi connectivity index (χ3v) is 5.67. The number of rotatable bonds is 5. The van der Waals surface area contributed by atoms with Crippen LogP contribution in [0.1, 0.15) is 37.4 Å². The highest BCUT2D eigenvalue weighted by atomic mass is 32.1. The molecule has 0 radical (unpaired) electrons. The van der Waals surface area contributed by atoms with E-state index in [9.17, 15) is 14.4 Å². The van der Waals surface area contributed by atoms with Gasteiger partial charge in [0.05, 0.1) is 4.88 Å². The van der Waals surface area contributed by atoms with Crippen molar-refractivity contribution in [3.8, 4) is 0 Å². The van der Waals surface area contributed by atoms with E-state index < -0.39 is 5.91 Å². The number of carbonyl (C=O) groups is 3. The standard InChI is InChI=1S/C22H22N4O3S/c1-3-18-14(2)13-19(30-18)21(28)26-25-20(27)15-9-11-17(12-10-15)24-22(29)23-16-7-5-4-6-8-16/h4-13H,3H2,1-2H3,(H,25,27)(H,26,28)(H2,23,24,29). The summed E-state index contributed by atoms with van der Waals surface area (Å²) in [6, 6.07) is 16.8. The number of hydrazine groups is 1. The molecule has 0 aliphatic rings. The van der Waals surface area contributed by atoms with Gasteiger partial charge in [0.1, 0.15) is 0 Å². The molecule has 0 saturated heterocycles. The smallest absolute Gasteiger partial charge is 0.308 e. The van der Waals surface area contributed by atoms with Gasteiger partial charge in [-0.3, -0.25) is 20.4 Å². The molecule has 7 nitrogen and oxygen atoms in total. The minimum Gasteiger partial charge on any atom is -0.308 e. The van der Waals surface area contributed by atoms with Crippen LogP contribution in [-0.2, 0) is 6.42 Å². The summed E-state index contributed by atoms with van der Waals surface area (Å²) in [5.74, 6) is -0.806. The number of amides is 4. The first kappa shape index (κ1) is 21.1. The Kier molecular flexibility index (Phi) is 6.82. The molecule has 0 bridgehead atoms. The molecule has 30 heavy (non-hydrogen) atoms. The molecule has 3 aromatic rings. The maximum atomic E-state index is 12.3. The molecular formula is C22H22N4O3S. The van der Waals surface area contributed by atoms with Crippen molar-refractivity contribution < 1.29 is 14.4 Å². The lowest BCUT2D eigenvalue weighted by Gasteiger charge is -2.09. The molecule has 4 amide bonds. The van der Waals surface area contributed by atoms with Gasteiger partial charge in [0.25, 0.3) is 11.8 Å². The molecule has 0 unspecified atom stereocenters. The van der Waals surface area contributed by atoms with Crippen LogP contribution < -0.4 is 21.5 Å². The summed E-state index contributed by atoms with van der Waals surface area (Å²) in [5, 5.41) is 5.40. The fourth-order valence-corrected chi connectivity index (χ4v) is 3.76. The molecule has 0 atom stereocenters. The number of nitrogens with one attached hydrogen (secondary N) is 4. The normalized spacial score (nSPS) is 10.2. The predicted molar refractivity (Wildman–Crippen MR) is 119 cm³/mol. The van der Waals surface area contributed by atoms with Crippen LogP contribution in [-0.4, -0.2) is 17.8 Å². The van der Waals surface area contributed by atoms with E-state index in [-0.39, 0.29) is 11.9 Å². The summed E-state index contributed by atoms with van der Waals surface area (Å²) in [6.45, 7) is 3.99. The van der Waals surface area contributed by atoms with Crippen molar-refractivity contribution in [3.05, 3.63) is 81.5 Å². The lowest BCUT2D eigenvalue weighted by atomic mass is 10.2. The summed E-state index contributed by atoms with van der Waals surface area (Å²) < 4.78 is 0. The predicted octanol–water partition coefficient (Wildman–Crippen LogP) is 4.34. The molecule has 8 heteroatoms. The zero-order valence-electron chi connectivity index (χ0n) is 16.6. The molecule has 3 rings (SSSR count). The van der Waals surface area contributed by atoms with Crippen molar-refractivity contribution in [2.24, 2.45) is 0 Å². The average molecular weight is 423 g/mol. The largest absolute Gasteiger partial charge is 0.323 e. The lowest BCUT2D eigenvalue weighted by Crippen LogP contribution is -2.41. The van der Waals surface area contributed by atoms with Gasteiger partial charge >= 0.3 is 6.03 Å². The number of thiophene rings is 1. The van der Waals surface area contributed by atoms with Crippen molar-refractivity contribution in [2.75, 3.05) is 10.6 Å². The van der Waals surface area contributed by atoms with Crippen molar-refractivity contribution >= 4 is 40.6 Å². The Morgan fingerprint density at radius 1 is 0.833 bits per heavy atom. The zero-order valence-corrected chi connectivity index (χ0v) is 17.4. The number of benzene rings is 2. The second-order valence-corrected chi connectivity index (χ2v) is 7.64. The second-order valence-electron chi connectivity index (χ2n) is 6.50. The minimum absolute atomic E-state index is 0.348. The van der Waals surface area contributed by atoms with Crippen molar-refractivity contribution in [1.29, 1.82) is 0 Å². The van der Waals surface area contributed by atoms with Crippen LogP contribution in [0.2, 0.25) is 0 Å². The van der Waals surface area contributed by atoms with E-state index in [0.29, 0.717) is 21.8 Å². The topological polar surface area (TPSA) is 99.3 Å². The van der Waals surface area contributed by atoms with E-state index >= 15 is 0 Å². The van der Waals surface area contributed by atoms with E-state index in [2.05, 4.69) is 21.5 Å². The van der Waals surface area contributed by atoms with Crippen molar-refractivity contribution in [2.45, 2.75) is 20.3 Å². The number of aryl methyl sites for hydroxylation is 2. The third-order valence-electron chi connectivity index (χ3n) is 4.29. The van der Waals surface area contributed by atoms with Gasteiger partial charge in [0.15, 0.2) is 0 Å². The first-order valence-corrected chi connectivity index (χ1v) is 10.2. The molecule has 154 valence electrons. The molecule has 0 aliphatic carbocycles. The van der Waals surface area contributed by atoms with Gasteiger partial charge < -0.3 is 10.6 Å². The van der Waals surface area contributed by atoms with Gasteiger partial charge in [-0.25, -0.2) is 4.79 Å². The van der Waals surface area contributed by atoms with Crippen LogP contribution in [0.3, 0.4) is 0 Å². The maximum absolute atomic E-state index is 12.3. The molecule has 0 aliphatic heterocycles. The molecule has 1 aromatic heterocycles. The monoisotopic (exact) mass is 422 g/mol. The highest BCUT2D eigenvalue weighted by Crippen LogP contribution is 2.22. The van der Waals surface area contributed by atoms with Crippen LogP contribution in [0.25, 0.3) is 0 Å². The number of urea groups is 1. The maximum Gasteiger partial charge on any atom is 0.323 e. The van der Waals surface area contributed by atoms with E-state index in [1.54, 1.807) is 36.4 Å². The van der Waals surface area contributed by atoms with Gasteiger partial charge in [0.2, 0.25) is 0 Å². The molecule has 1 heterocycles. The fraction of sp³-hybridized carbons (Fsp3) is 0.136. The van der Waals surface area contributed by atoms with Crippen molar-refractivity contribution in [3.63, 3.8) is 0 Å². The molecule has 0 saturated carbocycles. The number of anilines is 2. The molecule has 0 fully saturated rings. The van der Waals surface area contributed by atoms with E-state index in [1.807, 2.05) is 38.1 Å². The van der Waals surface area contributed by atoms with E-state index in [4.69, 9.17) is 0 Å². The van der Waals surface area contributed by atoms with Gasteiger partial charge in [-0.1, -0.05) is 25.1 Å². The van der Waals surface area contributed by atoms with Crippen LogP contribution in [0.4, 0.5) is 16.2 Å². The Morgan fingerprint density at radius 3 is 2.03 bits per heavy atom. The molecular weight excluding hydrogens is 400 g/mol. The zero-order chi connectivity index (χ0) is 21.5. The molecule has 2 aromatic carbocycles. The van der Waals surface area contributed by atoms with Gasteiger partial charge in [-0.2, -0.15) is 0 Å². The molecule has 0 spiro atoms. The van der Waals surface area contributed by atoms with Crippen LogP contribution in [0.5, 0.6) is 0 Å². The third kappa shape index (κ3) is 5.45. The van der Waals surface area contributed by atoms with Gasteiger partial charge in [-0.15, -0.1) is 11.3 Å².